The SMILES string of the molecule is C#CCOc1cnc(C(=O)Nc2ccc3c(c2)C2(C)N=C(N)C(C)(C)S(=O)(=O)C2CC(C)(C)O3)cn1. The van der Waals surface area contributed by atoms with Crippen LogP contribution in [0.3, 0.4) is 0 Å². The zero-order chi connectivity index (χ0) is 26.5. The van der Waals surface area contributed by atoms with Gasteiger partial charge in [0.1, 0.15) is 33.2 Å². The molecule has 4 rings (SSSR count). The number of amides is 1. The number of amidine groups is 1. The summed E-state index contributed by atoms with van der Waals surface area (Å²) in [5, 5.41) is 1.88. The van der Waals surface area contributed by atoms with Gasteiger partial charge < -0.3 is 20.5 Å². The van der Waals surface area contributed by atoms with E-state index in [1.807, 2.05) is 13.8 Å². The van der Waals surface area contributed by atoms with Crippen LogP contribution in [-0.2, 0) is 15.4 Å². The number of hydrogen-bond acceptors (Lipinski definition) is 9. The number of nitrogens with zero attached hydrogens (tertiary/aromatic N) is 3. The Morgan fingerprint density at radius 2 is 1.97 bits per heavy atom. The number of ether oxygens (including phenoxy) is 2. The van der Waals surface area contributed by atoms with Gasteiger partial charge in [-0.25, -0.2) is 18.4 Å². The molecule has 10 nitrogen and oxygen atoms in total. The zero-order valence-electron chi connectivity index (χ0n) is 20.8. The summed E-state index contributed by atoms with van der Waals surface area (Å²) in [5.41, 5.74) is 5.19. The molecule has 0 fully saturated rings. The minimum Gasteiger partial charge on any atom is -0.487 e. The Morgan fingerprint density at radius 3 is 2.61 bits per heavy atom. The van der Waals surface area contributed by atoms with Gasteiger partial charge >= 0.3 is 0 Å². The number of aliphatic imine (C=N–C) groups is 1. The number of fused-ring (bicyclic) bond motifs is 3. The van der Waals surface area contributed by atoms with Crippen molar-refractivity contribution in [2.75, 3.05) is 11.9 Å². The highest BCUT2D eigenvalue weighted by molar-refractivity contribution is 7.94. The molecule has 0 aliphatic carbocycles. The molecule has 0 spiro atoms. The van der Waals surface area contributed by atoms with Gasteiger partial charge in [-0.1, -0.05) is 5.92 Å². The van der Waals surface area contributed by atoms with Crippen LogP contribution in [-0.4, -0.2) is 52.3 Å². The van der Waals surface area contributed by atoms with Gasteiger partial charge in [0.2, 0.25) is 5.88 Å². The number of hydrogen-bond donors (Lipinski definition) is 2. The summed E-state index contributed by atoms with van der Waals surface area (Å²) in [5.74, 6) is 2.52. The van der Waals surface area contributed by atoms with Crippen LogP contribution in [0.5, 0.6) is 11.6 Å². The van der Waals surface area contributed by atoms with Gasteiger partial charge in [0.05, 0.1) is 17.6 Å². The third kappa shape index (κ3) is 4.15. The molecule has 1 aromatic heterocycles. The third-order valence-corrected chi connectivity index (χ3v) is 9.70. The van der Waals surface area contributed by atoms with E-state index in [1.54, 1.807) is 39.0 Å². The highest BCUT2D eigenvalue weighted by Gasteiger charge is 2.59. The first kappa shape index (κ1) is 25.4. The second-order valence-electron chi connectivity index (χ2n) is 10.2. The Balaban J connectivity index is 1.74. The fourth-order valence-corrected chi connectivity index (χ4v) is 6.95. The Morgan fingerprint density at radius 1 is 1.25 bits per heavy atom. The van der Waals surface area contributed by atoms with Crippen molar-refractivity contribution in [1.29, 1.82) is 0 Å². The van der Waals surface area contributed by atoms with Crippen molar-refractivity contribution in [2.45, 2.75) is 62.2 Å². The fourth-order valence-electron chi connectivity index (χ4n) is 4.50. The van der Waals surface area contributed by atoms with Crippen molar-refractivity contribution in [3.05, 3.63) is 41.9 Å². The smallest absolute Gasteiger partial charge is 0.275 e. The van der Waals surface area contributed by atoms with Crippen LogP contribution >= 0.6 is 0 Å². The molecule has 36 heavy (non-hydrogen) atoms. The molecule has 2 aromatic rings. The van der Waals surface area contributed by atoms with Crippen LogP contribution < -0.4 is 20.5 Å². The second kappa shape index (κ2) is 8.48. The predicted octanol–water partition coefficient (Wildman–Crippen LogP) is 2.45. The highest BCUT2D eigenvalue weighted by atomic mass is 32.2. The van der Waals surface area contributed by atoms with Gasteiger partial charge in [0.15, 0.2) is 16.4 Å². The maximum atomic E-state index is 13.8. The van der Waals surface area contributed by atoms with E-state index in [0.717, 1.165) is 0 Å². The topological polar surface area (TPSA) is 146 Å². The van der Waals surface area contributed by atoms with Crippen LogP contribution in [0.2, 0.25) is 0 Å². The average molecular weight is 512 g/mol. The van der Waals surface area contributed by atoms with Gasteiger partial charge in [-0.15, -0.1) is 6.42 Å². The lowest BCUT2D eigenvalue weighted by molar-refractivity contribution is 0.101. The van der Waals surface area contributed by atoms with Crippen LogP contribution in [0.4, 0.5) is 5.69 Å². The number of anilines is 1. The van der Waals surface area contributed by atoms with Crippen molar-refractivity contribution < 1.29 is 22.7 Å². The standard InChI is InChI=1S/C25H29N5O5S/c1-7-10-34-20-14-27-17(13-28-20)21(31)29-15-8-9-18-16(11-15)25(6)19(12-23(2,3)35-18)36(32,33)24(4,5)22(26)30-25/h1,8-9,11,13-14,19H,10,12H2,2-6H3,(H2,26,30)(H,29,31). The van der Waals surface area contributed by atoms with E-state index in [2.05, 4.69) is 21.2 Å². The Hall–Kier alpha value is -3.65. The lowest BCUT2D eigenvalue weighted by atomic mass is 9.84. The summed E-state index contributed by atoms with van der Waals surface area (Å²) >= 11 is 0. The normalized spacial score (nSPS) is 25.0. The summed E-state index contributed by atoms with van der Waals surface area (Å²) in [7, 11) is -3.76. The van der Waals surface area contributed by atoms with Crippen molar-refractivity contribution in [1.82, 2.24) is 9.97 Å². The number of sulfone groups is 1. The first-order valence-electron chi connectivity index (χ1n) is 11.3. The van der Waals surface area contributed by atoms with Crippen molar-refractivity contribution in [3.8, 4) is 24.0 Å². The summed E-state index contributed by atoms with van der Waals surface area (Å²) in [6.07, 6.45) is 7.94. The molecule has 11 heteroatoms. The molecule has 0 saturated carbocycles. The predicted molar refractivity (Wildman–Crippen MR) is 136 cm³/mol. The molecule has 2 aliphatic rings. The fraction of sp³-hybridized carbons (Fsp3) is 0.440. The van der Waals surface area contributed by atoms with Crippen LogP contribution in [0.1, 0.15) is 57.1 Å². The first-order valence-corrected chi connectivity index (χ1v) is 12.9. The molecule has 3 heterocycles. The number of rotatable bonds is 4. The number of carbonyl (C=O) groups excluding carboxylic acids is 1. The zero-order valence-corrected chi connectivity index (χ0v) is 21.6. The highest BCUT2D eigenvalue weighted by Crippen LogP contribution is 2.51. The number of terminal acetylenes is 1. The van der Waals surface area contributed by atoms with E-state index in [4.69, 9.17) is 26.6 Å². The molecule has 3 N–H and O–H groups in total. The van der Waals surface area contributed by atoms with Crippen LogP contribution in [0.25, 0.3) is 0 Å². The van der Waals surface area contributed by atoms with Gasteiger partial charge in [0, 0.05) is 17.7 Å². The van der Waals surface area contributed by atoms with E-state index < -0.39 is 36.9 Å². The van der Waals surface area contributed by atoms with Crippen LogP contribution in [0.15, 0.2) is 35.6 Å². The Kier molecular flexibility index (Phi) is 5.99. The van der Waals surface area contributed by atoms with Gasteiger partial charge in [0.25, 0.3) is 5.91 Å². The van der Waals surface area contributed by atoms with Crippen molar-refractivity contribution in [2.24, 2.45) is 10.7 Å². The van der Waals surface area contributed by atoms with Gasteiger partial charge in [-0.05, 0) is 52.8 Å². The molecule has 2 aliphatic heterocycles. The third-order valence-electron chi connectivity index (χ3n) is 6.69. The molecule has 0 bridgehead atoms. The quantitative estimate of drug-likeness (QED) is 0.595. The maximum absolute atomic E-state index is 13.8. The lowest BCUT2D eigenvalue weighted by Gasteiger charge is -2.44. The summed E-state index contributed by atoms with van der Waals surface area (Å²) in [6.45, 7) is 8.61. The molecule has 0 saturated heterocycles. The van der Waals surface area contributed by atoms with E-state index in [0.29, 0.717) is 17.0 Å². The molecular weight excluding hydrogens is 482 g/mol. The largest absolute Gasteiger partial charge is 0.487 e. The lowest BCUT2D eigenvalue weighted by Crippen LogP contribution is -2.60. The molecule has 0 radical (unpaired) electrons. The van der Waals surface area contributed by atoms with E-state index in [1.165, 1.54) is 12.4 Å². The average Bonchev–Trinajstić information content (AvgIpc) is 2.89. The number of aromatic nitrogens is 2. The Bertz CT molecular complexity index is 1390. The molecule has 190 valence electrons. The van der Waals surface area contributed by atoms with Gasteiger partial charge in [-0.3, -0.25) is 9.79 Å². The summed E-state index contributed by atoms with van der Waals surface area (Å²) in [4.78, 5) is 25.6. The number of benzene rings is 1. The number of nitrogens with one attached hydrogen (secondary N) is 1. The minimum absolute atomic E-state index is 0.0313. The minimum atomic E-state index is -3.76. The van der Waals surface area contributed by atoms with Crippen LogP contribution in [0, 0.1) is 12.3 Å². The van der Waals surface area contributed by atoms with Crippen molar-refractivity contribution in [3.63, 3.8) is 0 Å². The molecule has 2 atom stereocenters. The second-order valence-corrected chi connectivity index (χ2v) is 12.8. The van der Waals surface area contributed by atoms with E-state index >= 15 is 0 Å². The summed E-state index contributed by atoms with van der Waals surface area (Å²) in [6, 6.07) is 5.04. The van der Waals surface area contributed by atoms with E-state index in [9.17, 15) is 13.2 Å². The van der Waals surface area contributed by atoms with Crippen molar-refractivity contribution >= 4 is 27.3 Å². The Labute approximate surface area is 210 Å². The van der Waals surface area contributed by atoms with E-state index in [-0.39, 0.29) is 30.4 Å². The van der Waals surface area contributed by atoms with Gasteiger partial charge in [-0.2, -0.15) is 0 Å². The number of carbonyl (C=O) groups is 1. The monoisotopic (exact) mass is 511 g/mol. The molecule has 1 aromatic carbocycles. The molecule has 2 unspecified atom stereocenters. The molecular formula is C25H29N5O5S. The summed E-state index contributed by atoms with van der Waals surface area (Å²) < 4.78 is 37.6. The first-order chi connectivity index (χ1) is 16.7. The molecule has 1 amide bonds. The number of nitrogens with two attached hydrogens (primary N) is 1. The maximum Gasteiger partial charge on any atom is 0.275 e.